The van der Waals surface area contributed by atoms with Crippen LogP contribution in [0.15, 0.2) is 24.3 Å². The Labute approximate surface area is 333 Å². The van der Waals surface area contributed by atoms with Gasteiger partial charge in [0.2, 0.25) is 0 Å². The van der Waals surface area contributed by atoms with E-state index in [1.54, 1.807) is 0 Å². The number of rotatable bonds is 44. The Hall–Kier alpha value is -1.87. The van der Waals surface area contributed by atoms with Crippen molar-refractivity contribution >= 4 is 5.97 Å². The standard InChI is InChI=1S/C43H78O12/c1-4-7-9-10-11-12-13-14-40-16-18-42(19-17-40)54-38-36-52-34-32-50-30-28-48-26-24-46-22-20-45-21-23-47-25-27-49-29-31-51-33-35-53-37-39-55-43(44)41(6-3)15-8-5-2/h16-19,41H,4-15,20-39H2,1-3H3. The van der Waals surface area contributed by atoms with Gasteiger partial charge in [0.15, 0.2) is 0 Å². The van der Waals surface area contributed by atoms with Crippen molar-refractivity contribution in [3.8, 4) is 5.75 Å². The average Bonchev–Trinajstić information content (AvgIpc) is 3.20. The third-order valence-electron chi connectivity index (χ3n) is 8.67. The van der Waals surface area contributed by atoms with Crippen molar-refractivity contribution in [3.05, 3.63) is 29.8 Å². The fraction of sp³-hybridized carbons (Fsp3) is 0.837. The van der Waals surface area contributed by atoms with Crippen molar-refractivity contribution in [2.75, 3.05) is 132 Å². The Morgan fingerprint density at radius 1 is 0.436 bits per heavy atom. The molecule has 0 saturated carbocycles. The van der Waals surface area contributed by atoms with Gasteiger partial charge >= 0.3 is 5.97 Å². The minimum atomic E-state index is -0.118. The van der Waals surface area contributed by atoms with E-state index in [1.165, 1.54) is 50.5 Å². The molecule has 0 aliphatic carbocycles. The van der Waals surface area contributed by atoms with Crippen LogP contribution in [-0.4, -0.2) is 138 Å². The zero-order valence-corrected chi connectivity index (χ0v) is 34.9. The molecule has 0 bridgehead atoms. The van der Waals surface area contributed by atoms with Crippen molar-refractivity contribution in [2.24, 2.45) is 5.92 Å². The first-order chi connectivity index (χ1) is 27.2. The Kier molecular flexibility index (Phi) is 38.8. The summed E-state index contributed by atoms with van der Waals surface area (Å²) in [5, 5.41) is 0. The van der Waals surface area contributed by atoms with E-state index in [0.717, 1.165) is 37.9 Å². The molecule has 0 aromatic heterocycles. The van der Waals surface area contributed by atoms with Gasteiger partial charge in [-0.2, -0.15) is 0 Å². The number of benzene rings is 1. The Morgan fingerprint density at radius 2 is 0.800 bits per heavy atom. The topological polar surface area (TPSA) is 119 Å². The second-order valence-corrected chi connectivity index (χ2v) is 13.3. The molecule has 1 aromatic rings. The van der Waals surface area contributed by atoms with E-state index in [0.29, 0.717) is 126 Å². The van der Waals surface area contributed by atoms with Crippen LogP contribution in [0.4, 0.5) is 0 Å². The first-order valence-electron chi connectivity index (χ1n) is 21.3. The smallest absolute Gasteiger partial charge is 0.308 e. The maximum atomic E-state index is 12.0. The predicted molar refractivity (Wildman–Crippen MR) is 215 cm³/mol. The molecule has 55 heavy (non-hydrogen) atoms. The minimum Gasteiger partial charge on any atom is -0.491 e. The summed E-state index contributed by atoms with van der Waals surface area (Å²) in [6.07, 6.45) is 14.3. The summed E-state index contributed by atoms with van der Waals surface area (Å²) in [5.41, 5.74) is 1.38. The van der Waals surface area contributed by atoms with Crippen LogP contribution in [0.3, 0.4) is 0 Å². The number of carbonyl (C=O) groups excluding carboxylic acids is 1. The lowest BCUT2D eigenvalue weighted by Gasteiger charge is -2.13. The highest BCUT2D eigenvalue weighted by Gasteiger charge is 2.17. The van der Waals surface area contributed by atoms with Crippen LogP contribution in [-0.2, 0) is 58.6 Å². The number of unbranched alkanes of at least 4 members (excludes halogenated alkanes) is 7. The van der Waals surface area contributed by atoms with Gasteiger partial charge in [0.05, 0.1) is 125 Å². The van der Waals surface area contributed by atoms with E-state index in [9.17, 15) is 4.79 Å². The molecule has 0 fully saturated rings. The summed E-state index contributed by atoms with van der Waals surface area (Å²) in [6.45, 7) is 16.1. The maximum Gasteiger partial charge on any atom is 0.308 e. The lowest BCUT2D eigenvalue weighted by atomic mass is 10.00. The van der Waals surface area contributed by atoms with Gasteiger partial charge in [-0.25, -0.2) is 0 Å². The molecule has 1 aromatic carbocycles. The molecule has 12 heteroatoms. The first-order valence-corrected chi connectivity index (χ1v) is 21.3. The van der Waals surface area contributed by atoms with Crippen molar-refractivity contribution in [3.63, 3.8) is 0 Å². The summed E-state index contributed by atoms with van der Waals surface area (Å²) in [5.74, 6) is 0.763. The highest BCUT2D eigenvalue weighted by molar-refractivity contribution is 5.72. The molecule has 0 amide bonds. The molecule has 0 radical (unpaired) electrons. The number of hydrogen-bond donors (Lipinski definition) is 0. The van der Waals surface area contributed by atoms with Gasteiger partial charge in [-0.05, 0) is 43.4 Å². The number of ether oxygens (including phenoxy) is 11. The Morgan fingerprint density at radius 3 is 1.20 bits per heavy atom. The number of hydrogen-bond acceptors (Lipinski definition) is 12. The summed E-state index contributed by atoms with van der Waals surface area (Å²) < 4.78 is 60.8. The monoisotopic (exact) mass is 787 g/mol. The van der Waals surface area contributed by atoms with Gasteiger partial charge in [0, 0.05) is 0 Å². The number of carbonyl (C=O) groups is 1. The maximum absolute atomic E-state index is 12.0. The van der Waals surface area contributed by atoms with Gasteiger partial charge in [-0.15, -0.1) is 0 Å². The summed E-state index contributed by atoms with van der Waals surface area (Å²) in [6, 6.07) is 8.45. The van der Waals surface area contributed by atoms with Crippen LogP contribution in [0.25, 0.3) is 0 Å². The largest absolute Gasteiger partial charge is 0.491 e. The van der Waals surface area contributed by atoms with Crippen LogP contribution in [0.5, 0.6) is 5.75 Å². The summed E-state index contributed by atoms with van der Waals surface area (Å²) in [7, 11) is 0. The average molecular weight is 787 g/mol. The minimum absolute atomic E-state index is 0.00346. The number of aryl methyl sites for hydroxylation is 1. The number of esters is 1. The van der Waals surface area contributed by atoms with E-state index in [4.69, 9.17) is 52.1 Å². The normalized spacial score (nSPS) is 12.0. The van der Waals surface area contributed by atoms with Crippen LogP contribution in [0.2, 0.25) is 0 Å². The highest BCUT2D eigenvalue weighted by atomic mass is 16.6. The molecule has 0 heterocycles. The molecular formula is C43H78O12. The van der Waals surface area contributed by atoms with Gasteiger partial charge in [-0.3, -0.25) is 4.79 Å². The van der Waals surface area contributed by atoms with Crippen LogP contribution < -0.4 is 4.74 Å². The molecule has 0 aliphatic heterocycles. The van der Waals surface area contributed by atoms with Gasteiger partial charge in [0.25, 0.3) is 0 Å². The molecule has 12 nitrogen and oxygen atoms in total. The molecule has 1 rings (SSSR count). The highest BCUT2D eigenvalue weighted by Crippen LogP contribution is 2.16. The quantitative estimate of drug-likeness (QED) is 0.0489. The molecule has 0 N–H and O–H groups in total. The summed E-state index contributed by atoms with van der Waals surface area (Å²) in [4.78, 5) is 12.0. The molecule has 322 valence electrons. The molecule has 0 saturated heterocycles. The first kappa shape index (κ1) is 51.1. The summed E-state index contributed by atoms with van der Waals surface area (Å²) >= 11 is 0. The predicted octanol–water partition coefficient (Wildman–Crippen LogP) is 7.27. The van der Waals surface area contributed by atoms with Crippen molar-refractivity contribution < 1.29 is 56.9 Å². The van der Waals surface area contributed by atoms with Gasteiger partial charge in [0.1, 0.15) is 19.0 Å². The fourth-order valence-electron chi connectivity index (χ4n) is 5.38. The van der Waals surface area contributed by atoms with Crippen molar-refractivity contribution in [1.29, 1.82) is 0 Å². The van der Waals surface area contributed by atoms with E-state index in [-0.39, 0.29) is 18.5 Å². The van der Waals surface area contributed by atoms with Crippen LogP contribution in [0.1, 0.15) is 97.0 Å². The van der Waals surface area contributed by atoms with Gasteiger partial charge in [-0.1, -0.05) is 84.3 Å². The lowest BCUT2D eigenvalue weighted by Crippen LogP contribution is -2.20. The van der Waals surface area contributed by atoms with E-state index in [2.05, 4.69) is 38.1 Å². The lowest BCUT2D eigenvalue weighted by molar-refractivity contribution is -0.150. The Bertz CT molecular complexity index is 919. The second kappa shape index (κ2) is 41.8. The van der Waals surface area contributed by atoms with E-state index >= 15 is 0 Å². The van der Waals surface area contributed by atoms with E-state index < -0.39 is 0 Å². The van der Waals surface area contributed by atoms with Crippen LogP contribution >= 0.6 is 0 Å². The van der Waals surface area contributed by atoms with Crippen molar-refractivity contribution in [1.82, 2.24) is 0 Å². The third-order valence-corrected chi connectivity index (χ3v) is 8.67. The molecule has 1 unspecified atom stereocenters. The molecular weight excluding hydrogens is 708 g/mol. The van der Waals surface area contributed by atoms with Crippen molar-refractivity contribution in [2.45, 2.75) is 97.8 Å². The zero-order valence-electron chi connectivity index (χ0n) is 34.9. The van der Waals surface area contributed by atoms with Gasteiger partial charge < -0.3 is 52.1 Å². The SMILES string of the molecule is CCCCCCCCCc1ccc(OCCOCCOCCOCCOCCOCCOCCOCCOCCOCCOC(=O)C(CC)CCCC)cc1. The molecule has 0 aliphatic rings. The fourth-order valence-corrected chi connectivity index (χ4v) is 5.38. The zero-order chi connectivity index (χ0) is 39.5. The second-order valence-electron chi connectivity index (χ2n) is 13.3. The Balaban J connectivity index is 1.71. The molecule has 0 spiro atoms. The third kappa shape index (κ3) is 35.1. The molecule has 1 atom stereocenters. The van der Waals surface area contributed by atoms with Crippen LogP contribution in [0, 0.1) is 5.92 Å². The van der Waals surface area contributed by atoms with E-state index in [1.807, 2.05) is 6.92 Å².